The zero-order valence-electron chi connectivity index (χ0n) is 8.69. The van der Waals surface area contributed by atoms with Crippen LogP contribution in [0.5, 0.6) is 0 Å². The highest BCUT2D eigenvalue weighted by atomic mass is 15.1. The van der Waals surface area contributed by atoms with Crippen molar-refractivity contribution in [3.05, 3.63) is 0 Å². The molecule has 0 bridgehead atoms. The molecule has 0 rings (SSSR count). The lowest BCUT2D eigenvalue weighted by Crippen LogP contribution is -2.23. The summed E-state index contributed by atoms with van der Waals surface area (Å²) in [6, 6.07) is 0. The molecule has 3 nitrogen and oxygen atoms in total. The minimum Gasteiger partial charge on any atom is -0.320 e. The standard InChI is InChI=1S/C9H23N3/c1-10-6-4-7-11-8-5-9-12(2)3/h10-11H,4-9H2,1-3H3. The molecule has 0 heterocycles. The Morgan fingerprint density at radius 3 is 2.25 bits per heavy atom. The third-order valence-corrected chi connectivity index (χ3v) is 1.74. The molecule has 0 amide bonds. The fraction of sp³-hybridized carbons (Fsp3) is 1.00. The van der Waals surface area contributed by atoms with E-state index < -0.39 is 0 Å². The largest absolute Gasteiger partial charge is 0.320 e. The molecule has 0 unspecified atom stereocenters. The molecule has 0 aliphatic heterocycles. The number of hydrogen-bond donors (Lipinski definition) is 2. The summed E-state index contributed by atoms with van der Waals surface area (Å²) in [5.41, 5.74) is 0. The second-order valence-corrected chi connectivity index (χ2v) is 3.36. The van der Waals surface area contributed by atoms with Crippen molar-refractivity contribution in [1.82, 2.24) is 15.5 Å². The van der Waals surface area contributed by atoms with Gasteiger partial charge in [-0.25, -0.2) is 0 Å². The Bertz CT molecular complexity index is 83.8. The van der Waals surface area contributed by atoms with Gasteiger partial charge in [-0.3, -0.25) is 0 Å². The summed E-state index contributed by atoms with van der Waals surface area (Å²) in [4.78, 5) is 2.22. The van der Waals surface area contributed by atoms with Gasteiger partial charge in [0.2, 0.25) is 0 Å². The van der Waals surface area contributed by atoms with Crippen LogP contribution in [0.2, 0.25) is 0 Å². The topological polar surface area (TPSA) is 27.3 Å². The summed E-state index contributed by atoms with van der Waals surface area (Å²) < 4.78 is 0. The molecule has 0 aliphatic rings. The molecule has 0 fully saturated rings. The summed E-state index contributed by atoms with van der Waals surface area (Å²) in [6.07, 6.45) is 2.46. The van der Waals surface area contributed by atoms with Crippen LogP contribution in [0.1, 0.15) is 12.8 Å². The van der Waals surface area contributed by atoms with Crippen molar-refractivity contribution in [2.24, 2.45) is 0 Å². The monoisotopic (exact) mass is 173 g/mol. The minimum atomic E-state index is 1.11. The van der Waals surface area contributed by atoms with Crippen LogP contribution in [-0.4, -0.2) is 52.2 Å². The van der Waals surface area contributed by atoms with Gasteiger partial charge in [0.1, 0.15) is 0 Å². The van der Waals surface area contributed by atoms with Crippen molar-refractivity contribution in [2.75, 3.05) is 47.3 Å². The van der Waals surface area contributed by atoms with Crippen molar-refractivity contribution in [2.45, 2.75) is 12.8 Å². The Kier molecular flexibility index (Phi) is 8.88. The average Bonchev–Trinajstić information content (AvgIpc) is 2.02. The van der Waals surface area contributed by atoms with Gasteiger partial charge < -0.3 is 15.5 Å². The maximum absolute atomic E-state index is 3.41. The summed E-state index contributed by atoms with van der Waals surface area (Å²) >= 11 is 0. The molecule has 0 saturated carbocycles. The second-order valence-electron chi connectivity index (χ2n) is 3.36. The molecule has 0 radical (unpaired) electrons. The summed E-state index contributed by atoms with van der Waals surface area (Å²) in [5, 5.41) is 6.54. The number of rotatable bonds is 8. The fourth-order valence-electron chi connectivity index (χ4n) is 1.04. The van der Waals surface area contributed by atoms with Crippen LogP contribution in [0, 0.1) is 0 Å². The quantitative estimate of drug-likeness (QED) is 0.511. The van der Waals surface area contributed by atoms with Gasteiger partial charge >= 0.3 is 0 Å². The van der Waals surface area contributed by atoms with Crippen molar-refractivity contribution >= 4 is 0 Å². The highest BCUT2D eigenvalue weighted by Crippen LogP contribution is 1.80. The lowest BCUT2D eigenvalue weighted by Gasteiger charge is -2.09. The molecule has 74 valence electrons. The number of nitrogens with one attached hydrogen (secondary N) is 2. The molecule has 0 spiro atoms. The number of hydrogen-bond acceptors (Lipinski definition) is 3. The van der Waals surface area contributed by atoms with E-state index in [-0.39, 0.29) is 0 Å². The summed E-state index contributed by atoms with van der Waals surface area (Å²) in [5.74, 6) is 0. The van der Waals surface area contributed by atoms with E-state index in [1.807, 2.05) is 7.05 Å². The Hall–Kier alpha value is -0.120. The summed E-state index contributed by atoms with van der Waals surface area (Å²) in [6.45, 7) is 4.57. The molecule has 0 aliphatic carbocycles. The van der Waals surface area contributed by atoms with Crippen LogP contribution in [0.4, 0.5) is 0 Å². The van der Waals surface area contributed by atoms with Crippen LogP contribution < -0.4 is 10.6 Å². The zero-order valence-corrected chi connectivity index (χ0v) is 8.69. The van der Waals surface area contributed by atoms with Crippen LogP contribution in [0.3, 0.4) is 0 Å². The Morgan fingerprint density at radius 2 is 1.67 bits per heavy atom. The van der Waals surface area contributed by atoms with Gasteiger partial charge in [-0.2, -0.15) is 0 Å². The predicted molar refractivity (Wildman–Crippen MR) is 54.6 cm³/mol. The van der Waals surface area contributed by atoms with Gasteiger partial charge in [0.05, 0.1) is 0 Å². The van der Waals surface area contributed by atoms with Crippen molar-refractivity contribution in [3.63, 3.8) is 0 Å². The van der Waals surface area contributed by atoms with Crippen molar-refractivity contribution < 1.29 is 0 Å². The predicted octanol–water partition coefficient (Wildman–Crippen LogP) is 0.137. The van der Waals surface area contributed by atoms with Gasteiger partial charge in [-0.15, -0.1) is 0 Å². The van der Waals surface area contributed by atoms with Gasteiger partial charge in [-0.1, -0.05) is 0 Å². The van der Waals surface area contributed by atoms with Crippen molar-refractivity contribution in [1.29, 1.82) is 0 Å². The molecule has 0 saturated heterocycles. The van der Waals surface area contributed by atoms with E-state index in [1.165, 1.54) is 19.4 Å². The first-order chi connectivity index (χ1) is 5.77. The first-order valence-electron chi connectivity index (χ1n) is 4.77. The first kappa shape index (κ1) is 11.9. The Labute approximate surface area is 76.5 Å². The molecule has 0 aromatic heterocycles. The zero-order chi connectivity index (χ0) is 9.23. The maximum atomic E-state index is 3.41. The van der Waals surface area contributed by atoms with Crippen molar-refractivity contribution in [3.8, 4) is 0 Å². The van der Waals surface area contributed by atoms with Gasteiger partial charge in [0.15, 0.2) is 0 Å². The van der Waals surface area contributed by atoms with E-state index in [2.05, 4.69) is 29.6 Å². The van der Waals surface area contributed by atoms with Gasteiger partial charge in [0.25, 0.3) is 0 Å². The molecule has 0 aromatic rings. The number of nitrogens with zero attached hydrogens (tertiary/aromatic N) is 1. The van der Waals surface area contributed by atoms with Crippen LogP contribution in [0.15, 0.2) is 0 Å². The maximum Gasteiger partial charge on any atom is -0.00127 e. The third-order valence-electron chi connectivity index (χ3n) is 1.74. The molecule has 3 heteroatoms. The highest BCUT2D eigenvalue weighted by Gasteiger charge is 1.90. The van der Waals surface area contributed by atoms with Crippen LogP contribution >= 0.6 is 0 Å². The smallest absolute Gasteiger partial charge is 0.00127 e. The van der Waals surface area contributed by atoms with E-state index >= 15 is 0 Å². The highest BCUT2D eigenvalue weighted by molar-refractivity contribution is 4.51. The van der Waals surface area contributed by atoms with E-state index in [4.69, 9.17) is 0 Å². The molecule has 12 heavy (non-hydrogen) atoms. The summed E-state index contributed by atoms with van der Waals surface area (Å²) in [7, 11) is 6.22. The van der Waals surface area contributed by atoms with E-state index in [1.54, 1.807) is 0 Å². The second kappa shape index (κ2) is 8.97. The van der Waals surface area contributed by atoms with E-state index in [9.17, 15) is 0 Å². The fourth-order valence-corrected chi connectivity index (χ4v) is 1.04. The van der Waals surface area contributed by atoms with Gasteiger partial charge in [0, 0.05) is 0 Å². The lowest BCUT2D eigenvalue weighted by molar-refractivity contribution is 0.394. The lowest BCUT2D eigenvalue weighted by atomic mass is 10.3. The molecule has 0 aromatic carbocycles. The van der Waals surface area contributed by atoms with E-state index in [0.717, 1.165) is 19.6 Å². The SMILES string of the molecule is CNCCCNCCCN(C)C. The Morgan fingerprint density at radius 1 is 1.00 bits per heavy atom. The van der Waals surface area contributed by atoms with Gasteiger partial charge in [-0.05, 0) is 60.2 Å². The average molecular weight is 173 g/mol. The van der Waals surface area contributed by atoms with E-state index in [0.29, 0.717) is 0 Å². The Balaban J connectivity index is 2.82. The molecule has 2 N–H and O–H groups in total. The molecular weight excluding hydrogens is 150 g/mol. The van der Waals surface area contributed by atoms with Crippen LogP contribution in [0.25, 0.3) is 0 Å². The minimum absolute atomic E-state index is 1.11. The molecular formula is C9H23N3. The molecule has 0 atom stereocenters. The first-order valence-corrected chi connectivity index (χ1v) is 4.77. The third kappa shape index (κ3) is 9.88. The van der Waals surface area contributed by atoms with Crippen LogP contribution in [-0.2, 0) is 0 Å². The normalized spacial score (nSPS) is 11.0.